The first-order chi connectivity index (χ1) is 11.1. The van der Waals surface area contributed by atoms with Crippen LogP contribution in [-0.4, -0.2) is 22.6 Å². The van der Waals surface area contributed by atoms with Gasteiger partial charge in [0.2, 0.25) is 0 Å². The molecule has 1 unspecified atom stereocenters. The average Bonchev–Trinajstić information content (AvgIpc) is 2.61. The van der Waals surface area contributed by atoms with Gasteiger partial charge >= 0.3 is 0 Å². The summed E-state index contributed by atoms with van der Waals surface area (Å²) in [7, 11) is 0. The van der Waals surface area contributed by atoms with Gasteiger partial charge in [-0.15, -0.1) is 0 Å². The lowest BCUT2D eigenvalue weighted by molar-refractivity contribution is -0.118. The van der Waals surface area contributed by atoms with Gasteiger partial charge in [-0.1, -0.05) is 50.5 Å². The number of thioether (sulfide) groups is 1. The highest BCUT2D eigenvalue weighted by Gasteiger charge is 2.18. The third-order valence-corrected chi connectivity index (χ3v) is 5.94. The number of carbonyl (C=O) groups is 2. The molecule has 2 nitrogen and oxygen atoms in total. The highest BCUT2D eigenvalue weighted by Crippen LogP contribution is 2.32. The third-order valence-electron chi connectivity index (χ3n) is 4.78. The van der Waals surface area contributed by atoms with Gasteiger partial charge in [0.15, 0.2) is 5.78 Å². The fourth-order valence-corrected chi connectivity index (χ4v) is 4.18. The second-order valence-corrected chi connectivity index (χ2v) is 7.93. The minimum Gasteiger partial charge on any atom is -0.300 e. The first-order valence-corrected chi connectivity index (χ1v) is 9.94. The zero-order valence-electron chi connectivity index (χ0n) is 14.3. The van der Waals surface area contributed by atoms with Crippen LogP contribution in [0.25, 0.3) is 0 Å². The van der Waals surface area contributed by atoms with Crippen molar-refractivity contribution in [3.8, 4) is 0 Å². The monoisotopic (exact) mass is 332 g/mol. The Balaban J connectivity index is 1.87. The molecule has 0 N–H and O–H groups in total. The molecule has 0 heterocycles. The summed E-state index contributed by atoms with van der Waals surface area (Å²) >= 11 is 1.58. The maximum absolute atomic E-state index is 12.5. The molecule has 2 rings (SSSR count). The van der Waals surface area contributed by atoms with Crippen molar-refractivity contribution in [1.82, 2.24) is 0 Å². The largest absolute Gasteiger partial charge is 0.300 e. The van der Waals surface area contributed by atoms with Crippen LogP contribution in [0.3, 0.4) is 0 Å². The van der Waals surface area contributed by atoms with Crippen LogP contribution in [0.4, 0.5) is 0 Å². The normalized spacial score (nSPS) is 17.0. The van der Waals surface area contributed by atoms with Gasteiger partial charge in [-0.2, -0.15) is 11.8 Å². The van der Waals surface area contributed by atoms with Crippen LogP contribution in [-0.2, 0) is 4.79 Å². The molecule has 1 aromatic carbocycles. The summed E-state index contributed by atoms with van der Waals surface area (Å²) < 4.78 is 0. The van der Waals surface area contributed by atoms with Gasteiger partial charge in [0.05, 0.1) is 5.25 Å². The molecule has 23 heavy (non-hydrogen) atoms. The van der Waals surface area contributed by atoms with E-state index >= 15 is 0 Å². The Morgan fingerprint density at radius 1 is 1.13 bits per heavy atom. The van der Waals surface area contributed by atoms with Crippen molar-refractivity contribution in [3.63, 3.8) is 0 Å². The lowest BCUT2D eigenvalue weighted by Crippen LogP contribution is -2.15. The van der Waals surface area contributed by atoms with Crippen molar-refractivity contribution < 1.29 is 9.59 Å². The zero-order chi connectivity index (χ0) is 16.7. The van der Waals surface area contributed by atoms with E-state index in [2.05, 4.69) is 12.1 Å². The third kappa shape index (κ3) is 5.49. The highest BCUT2D eigenvalue weighted by molar-refractivity contribution is 8.00. The van der Waals surface area contributed by atoms with Crippen LogP contribution in [0.15, 0.2) is 24.3 Å². The second kappa shape index (κ2) is 9.27. The Kier molecular flexibility index (Phi) is 7.35. The van der Waals surface area contributed by atoms with E-state index < -0.39 is 0 Å². The molecule has 1 atom stereocenters. The van der Waals surface area contributed by atoms with Crippen molar-refractivity contribution in [3.05, 3.63) is 35.4 Å². The smallest absolute Gasteiger partial charge is 0.175 e. The quantitative estimate of drug-likeness (QED) is 0.597. The van der Waals surface area contributed by atoms with Crippen LogP contribution in [0.5, 0.6) is 0 Å². The molecule has 0 aromatic heterocycles. The molecule has 0 saturated heterocycles. The molecule has 0 aliphatic heterocycles. The van der Waals surface area contributed by atoms with E-state index in [1.54, 1.807) is 11.8 Å². The molecule has 1 aliphatic rings. The summed E-state index contributed by atoms with van der Waals surface area (Å²) in [5, 5.41) is -0.0832. The van der Waals surface area contributed by atoms with Gasteiger partial charge in [-0.3, -0.25) is 9.59 Å². The molecular formula is C20H28O2S. The first kappa shape index (κ1) is 18.3. The van der Waals surface area contributed by atoms with Gasteiger partial charge in [0.25, 0.3) is 0 Å². The number of hydrogen-bond donors (Lipinski definition) is 0. The Morgan fingerprint density at radius 2 is 1.78 bits per heavy atom. The number of rotatable bonds is 8. The predicted octanol–water partition coefficient (Wildman–Crippen LogP) is 5.41. The number of ketones is 2. The van der Waals surface area contributed by atoms with Gasteiger partial charge < -0.3 is 0 Å². The summed E-state index contributed by atoms with van der Waals surface area (Å²) in [6.07, 6.45) is 7.74. The molecule has 1 aliphatic carbocycles. The van der Waals surface area contributed by atoms with Crippen LogP contribution in [0.1, 0.15) is 80.6 Å². The summed E-state index contributed by atoms with van der Waals surface area (Å²) in [6, 6.07) is 8.25. The number of Topliss-reactive ketones (excluding diaryl/α,β-unsaturated/α-hetero) is 2. The minimum atomic E-state index is -0.0832. The van der Waals surface area contributed by atoms with E-state index in [1.807, 2.05) is 26.0 Å². The molecule has 126 valence electrons. The molecule has 1 aromatic rings. The van der Waals surface area contributed by atoms with E-state index in [9.17, 15) is 9.59 Å². The molecule has 0 spiro atoms. The van der Waals surface area contributed by atoms with Gasteiger partial charge in [-0.05, 0) is 31.2 Å². The molecular weight excluding hydrogens is 304 g/mol. The highest BCUT2D eigenvalue weighted by atomic mass is 32.2. The summed E-state index contributed by atoms with van der Waals surface area (Å²) in [5.74, 6) is 1.86. The van der Waals surface area contributed by atoms with Crippen molar-refractivity contribution in [2.45, 2.75) is 70.0 Å². The Labute approximate surface area is 144 Å². The zero-order valence-corrected chi connectivity index (χ0v) is 15.2. The van der Waals surface area contributed by atoms with Crippen molar-refractivity contribution in [1.29, 1.82) is 0 Å². The number of hydrogen-bond acceptors (Lipinski definition) is 3. The minimum absolute atomic E-state index is 0.0832. The maximum Gasteiger partial charge on any atom is 0.175 e. The van der Waals surface area contributed by atoms with Crippen molar-refractivity contribution in [2.75, 3.05) is 5.75 Å². The molecule has 0 amide bonds. The van der Waals surface area contributed by atoms with Crippen LogP contribution >= 0.6 is 11.8 Å². The van der Waals surface area contributed by atoms with Crippen LogP contribution in [0.2, 0.25) is 0 Å². The topological polar surface area (TPSA) is 34.1 Å². The Morgan fingerprint density at radius 3 is 2.39 bits per heavy atom. The predicted molar refractivity (Wildman–Crippen MR) is 98.4 cm³/mol. The van der Waals surface area contributed by atoms with E-state index in [1.165, 1.54) is 37.7 Å². The van der Waals surface area contributed by atoms with E-state index in [-0.39, 0.29) is 16.8 Å². The van der Waals surface area contributed by atoms with Gasteiger partial charge in [-0.25, -0.2) is 0 Å². The Hall–Kier alpha value is -1.09. The van der Waals surface area contributed by atoms with Crippen LogP contribution in [0, 0.1) is 0 Å². The second-order valence-electron chi connectivity index (χ2n) is 6.48. The van der Waals surface area contributed by atoms with Crippen molar-refractivity contribution in [2.24, 2.45) is 0 Å². The maximum atomic E-state index is 12.5. The van der Waals surface area contributed by atoms with E-state index in [0.717, 1.165) is 11.3 Å². The lowest BCUT2D eigenvalue weighted by Gasteiger charge is -2.22. The molecule has 0 bridgehead atoms. The van der Waals surface area contributed by atoms with Crippen molar-refractivity contribution >= 4 is 23.3 Å². The molecule has 1 fully saturated rings. The summed E-state index contributed by atoms with van der Waals surface area (Å²) in [4.78, 5) is 23.8. The van der Waals surface area contributed by atoms with E-state index in [0.29, 0.717) is 18.8 Å². The Bertz CT molecular complexity index is 515. The first-order valence-electron chi connectivity index (χ1n) is 8.89. The van der Waals surface area contributed by atoms with Crippen LogP contribution < -0.4 is 0 Å². The lowest BCUT2D eigenvalue weighted by atomic mass is 9.84. The number of benzene rings is 1. The molecule has 3 heteroatoms. The number of carbonyl (C=O) groups excluding carboxylic acids is 2. The average molecular weight is 333 g/mol. The molecule has 1 saturated carbocycles. The molecule has 0 radical (unpaired) electrons. The summed E-state index contributed by atoms with van der Waals surface area (Å²) in [6.45, 7) is 3.83. The summed E-state index contributed by atoms with van der Waals surface area (Å²) in [5.41, 5.74) is 2.18. The fourth-order valence-electron chi connectivity index (χ4n) is 3.19. The van der Waals surface area contributed by atoms with Gasteiger partial charge in [0, 0.05) is 24.2 Å². The standard InChI is InChI=1S/C20H28O2S/c1-3-19(21)13-14-23-15(2)20(22)18-11-9-17(10-12-18)16-7-5-4-6-8-16/h9-12,15-16H,3-8,13-14H2,1-2H3. The van der Waals surface area contributed by atoms with Gasteiger partial charge in [0.1, 0.15) is 5.78 Å². The SMILES string of the molecule is CCC(=O)CCSC(C)C(=O)c1ccc(C2CCCCC2)cc1. The van der Waals surface area contributed by atoms with E-state index in [4.69, 9.17) is 0 Å². The fraction of sp³-hybridized carbons (Fsp3) is 0.600.